The molecule has 8 nitrogen and oxygen atoms in total. The number of imidazole rings is 1. The van der Waals surface area contributed by atoms with Crippen LogP contribution in [0.2, 0.25) is 0 Å². The van der Waals surface area contributed by atoms with Crippen molar-refractivity contribution >= 4 is 5.65 Å². The number of aryl methyl sites for hydroxylation is 1. The van der Waals surface area contributed by atoms with Crippen molar-refractivity contribution in [1.82, 2.24) is 39.4 Å². The van der Waals surface area contributed by atoms with Crippen LogP contribution in [0.25, 0.3) is 39.5 Å². The highest BCUT2D eigenvalue weighted by Crippen LogP contribution is 2.34. The predicted molar refractivity (Wildman–Crippen MR) is 146 cm³/mol. The number of fused-ring (bicyclic) bond motifs is 1. The highest BCUT2D eigenvalue weighted by Gasteiger charge is 2.31. The molecule has 0 saturated carbocycles. The predicted octanol–water partition coefficient (Wildman–Crippen LogP) is 5.15. The molecule has 2 aromatic carbocycles. The van der Waals surface area contributed by atoms with Gasteiger partial charge in [-0.2, -0.15) is 5.10 Å². The molecule has 0 aliphatic carbocycles. The van der Waals surface area contributed by atoms with Crippen LogP contribution < -0.4 is 0 Å². The van der Waals surface area contributed by atoms with Gasteiger partial charge in [0.15, 0.2) is 11.6 Å². The molecule has 0 bridgehead atoms. The lowest BCUT2D eigenvalue weighted by molar-refractivity contribution is 0.135. The Kier molecular flexibility index (Phi) is 5.52. The van der Waals surface area contributed by atoms with E-state index in [1.807, 2.05) is 48.0 Å². The zero-order chi connectivity index (χ0) is 25.5. The van der Waals surface area contributed by atoms with Crippen LogP contribution in [0.4, 0.5) is 0 Å². The number of benzene rings is 2. The molecule has 1 aliphatic heterocycles. The minimum Gasteiger partial charge on any atom is -0.298 e. The maximum absolute atomic E-state index is 5.00. The van der Waals surface area contributed by atoms with Crippen molar-refractivity contribution < 1.29 is 0 Å². The van der Waals surface area contributed by atoms with Gasteiger partial charge in [0, 0.05) is 49.7 Å². The Balaban J connectivity index is 1.08. The van der Waals surface area contributed by atoms with E-state index in [4.69, 9.17) is 4.98 Å². The topological polar surface area (TPSA) is 87.9 Å². The highest BCUT2D eigenvalue weighted by atomic mass is 15.3. The molecule has 8 heteroatoms. The summed E-state index contributed by atoms with van der Waals surface area (Å²) in [7, 11) is 0. The number of nitrogens with zero attached hydrogens (tertiary/aromatic N) is 7. The first-order valence-corrected chi connectivity index (χ1v) is 12.8. The first-order valence-electron chi connectivity index (χ1n) is 12.8. The molecule has 5 heterocycles. The standard InChI is InChI=1S/C30H26N8/c1-20-33-27(26(22-7-3-2-4-8-22)30-32-15-16-38(20)30)23-12-10-21(11-13-23)17-37-18-24(19-37)28-34-29(36-35-28)25-9-5-6-14-31-25/h2-16,24H,17-19H2,1H3,(H,34,35,36). The summed E-state index contributed by atoms with van der Waals surface area (Å²) >= 11 is 0. The van der Waals surface area contributed by atoms with Gasteiger partial charge in [0.1, 0.15) is 17.2 Å². The Morgan fingerprint density at radius 3 is 2.45 bits per heavy atom. The van der Waals surface area contributed by atoms with Gasteiger partial charge in [0.25, 0.3) is 0 Å². The van der Waals surface area contributed by atoms with Gasteiger partial charge in [-0.25, -0.2) is 15.0 Å². The average molecular weight is 499 g/mol. The third-order valence-corrected chi connectivity index (χ3v) is 7.15. The quantitative estimate of drug-likeness (QED) is 0.342. The van der Waals surface area contributed by atoms with Crippen molar-refractivity contribution in [1.29, 1.82) is 0 Å². The van der Waals surface area contributed by atoms with Crippen molar-refractivity contribution in [3.8, 4) is 33.9 Å². The average Bonchev–Trinajstić information content (AvgIpc) is 3.63. The fourth-order valence-electron chi connectivity index (χ4n) is 5.17. The number of aromatic amines is 1. The third kappa shape index (κ3) is 4.05. The molecule has 0 radical (unpaired) electrons. The lowest BCUT2D eigenvalue weighted by Crippen LogP contribution is -2.44. The summed E-state index contributed by atoms with van der Waals surface area (Å²) in [5.74, 6) is 2.84. The monoisotopic (exact) mass is 498 g/mol. The van der Waals surface area contributed by atoms with Gasteiger partial charge >= 0.3 is 0 Å². The SMILES string of the molecule is Cc1nc(-c2ccc(CN3CC(c4n[nH]c(-c5ccccn5)n4)C3)cc2)c(-c2ccccc2)c2nccn12. The van der Waals surface area contributed by atoms with E-state index in [1.54, 1.807) is 6.20 Å². The molecule has 1 N–H and O–H groups in total. The summed E-state index contributed by atoms with van der Waals surface area (Å²) < 4.78 is 2.05. The van der Waals surface area contributed by atoms with E-state index in [0.29, 0.717) is 5.92 Å². The summed E-state index contributed by atoms with van der Waals surface area (Å²) in [6, 6.07) is 24.9. The van der Waals surface area contributed by atoms with Crippen molar-refractivity contribution in [3.05, 3.63) is 109 Å². The molecule has 4 aromatic heterocycles. The molecule has 0 unspecified atom stereocenters. The lowest BCUT2D eigenvalue weighted by Gasteiger charge is -2.37. The Hall–Kier alpha value is -4.69. The molecule has 1 fully saturated rings. The summed E-state index contributed by atoms with van der Waals surface area (Å²) in [4.78, 5) is 21.1. The minimum atomic E-state index is 0.338. The summed E-state index contributed by atoms with van der Waals surface area (Å²) in [6.45, 7) is 4.80. The largest absolute Gasteiger partial charge is 0.298 e. The molecule has 38 heavy (non-hydrogen) atoms. The summed E-state index contributed by atoms with van der Waals surface area (Å²) in [5, 5.41) is 7.48. The molecule has 1 aliphatic rings. The second kappa shape index (κ2) is 9.32. The van der Waals surface area contributed by atoms with Gasteiger partial charge < -0.3 is 0 Å². The van der Waals surface area contributed by atoms with E-state index in [2.05, 4.69) is 78.6 Å². The first-order chi connectivity index (χ1) is 18.7. The first kappa shape index (κ1) is 22.5. The van der Waals surface area contributed by atoms with E-state index >= 15 is 0 Å². The van der Waals surface area contributed by atoms with Crippen molar-refractivity contribution in [2.45, 2.75) is 19.4 Å². The molecular formula is C30H26N8. The number of hydrogen-bond donors (Lipinski definition) is 1. The highest BCUT2D eigenvalue weighted by molar-refractivity contribution is 5.90. The fourth-order valence-corrected chi connectivity index (χ4v) is 5.17. The van der Waals surface area contributed by atoms with E-state index in [0.717, 1.165) is 70.8 Å². The van der Waals surface area contributed by atoms with Crippen LogP contribution in [0.5, 0.6) is 0 Å². The zero-order valence-corrected chi connectivity index (χ0v) is 21.0. The number of aromatic nitrogens is 7. The Bertz CT molecular complexity index is 1700. The molecular weight excluding hydrogens is 472 g/mol. The molecule has 186 valence electrons. The van der Waals surface area contributed by atoms with Gasteiger partial charge in [0.05, 0.1) is 11.3 Å². The van der Waals surface area contributed by atoms with Crippen molar-refractivity contribution in [2.24, 2.45) is 0 Å². The Morgan fingerprint density at radius 1 is 0.842 bits per heavy atom. The summed E-state index contributed by atoms with van der Waals surface area (Å²) in [6.07, 6.45) is 5.57. The normalized spacial score (nSPS) is 14.1. The van der Waals surface area contributed by atoms with Crippen LogP contribution in [0.1, 0.15) is 23.1 Å². The Labute approximate surface area is 220 Å². The summed E-state index contributed by atoms with van der Waals surface area (Å²) in [5.41, 5.74) is 7.22. The number of pyridine rings is 1. The van der Waals surface area contributed by atoms with E-state index in [-0.39, 0.29) is 0 Å². The maximum Gasteiger partial charge on any atom is 0.174 e. The van der Waals surface area contributed by atoms with Crippen molar-refractivity contribution in [3.63, 3.8) is 0 Å². The molecule has 1 saturated heterocycles. The lowest BCUT2D eigenvalue weighted by atomic mass is 9.97. The molecule has 7 rings (SSSR count). The number of hydrogen-bond acceptors (Lipinski definition) is 6. The van der Waals surface area contributed by atoms with Crippen LogP contribution in [0, 0.1) is 6.92 Å². The number of likely N-dealkylation sites (tertiary alicyclic amines) is 1. The Morgan fingerprint density at radius 2 is 1.66 bits per heavy atom. The van der Waals surface area contributed by atoms with Gasteiger partial charge in [0.2, 0.25) is 0 Å². The molecule has 0 amide bonds. The van der Waals surface area contributed by atoms with Crippen LogP contribution in [-0.2, 0) is 6.54 Å². The molecule has 0 spiro atoms. The van der Waals surface area contributed by atoms with Crippen LogP contribution in [-0.4, -0.2) is 52.5 Å². The van der Waals surface area contributed by atoms with E-state index in [9.17, 15) is 0 Å². The second-order valence-corrected chi connectivity index (χ2v) is 9.71. The minimum absolute atomic E-state index is 0.338. The van der Waals surface area contributed by atoms with Gasteiger partial charge in [-0.15, -0.1) is 0 Å². The second-order valence-electron chi connectivity index (χ2n) is 9.71. The van der Waals surface area contributed by atoms with Gasteiger partial charge in [-0.1, -0.05) is 60.7 Å². The molecule has 6 aromatic rings. The van der Waals surface area contributed by atoms with E-state index < -0.39 is 0 Å². The van der Waals surface area contributed by atoms with Crippen LogP contribution in [0.3, 0.4) is 0 Å². The van der Waals surface area contributed by atoms with Gasteiger partial charge in [-0.05, 0) is 30.2 Å². The van der Waals surface area contributed by atoms with Crippen molar-refractivity contribution in [2.75, 3.05) is 13.1 Å². The maximum atomic E-state index is 5.00. The molecule has 0 atom stereocenters. The fraction of sp³-hybridized carbons (Fsp3) is 0.167. The number of rotatable bonds is 6. The third-order valence-electron chi connectivity index (χ3n) is 7.15. The van der Waals surface area contributed by atoms with Crippen LogP contribution >= 0.6 is 0 Å². The smallest absolute Gasteiger partial charge is 0.174 e. The zero-order valence-electron chi connectivity index (χ0n) is 21.0. The van der Waals surface area contributed by atoms with Crippen LogP contribution in [0.15, 0.2) is 91.4 Å². The number of H-pyrrole nitrogens is 1. The van der Waals surface area contributed by atoms with E-state index in [1.165, 1.54) is 5.56 Å². The number of nitrogens with one attached hydrogen (secondary N) is 1. The van der Waals surface area contributed by atoms with Gasteiger partial charge in [-0.3, -0.25) is 19.4 Å².